The monoisotopic (exact) mass is 320 g/mol. The second-order valence-corrected chi connectivity index (χ2v) is 6.56. The molecule has 116 valence electrons. The number of rotatable bonds is 6. The zero-order valence-corrected chi connectivity index (χ0v) is 12.7. The summed E-state index contributed by atoms with van der Waals surface area (Å²) in [5.74, 6) is -1.25. The summed E-state index contributed by atoms with van der Waals surface area (Å²) in [4.78, 5) is 15.4. The summed E-state index contributed by atoms with van der Waals surface area (Å²) in [6.45, 7) is 1.84. The molecule has 0 spiro atoms. The Morgan fingerprint density at radius 1 is 1.23 bits per heavy atom. The van der Waals surface area contributed by atoms with Crippen molar-refractivity contribution in [3.8, 4) is 0 Å². The van der Waals surface area contributed by atoms with Gasteiger partial charge in [0.15, 0.2) is 0 Å². The molecule has 1 aromatic carbocycles. The highest BCUT2D eigenvalue weighted by Gasteiger charge is 2.25. The molecule has 2 rings (SSSR count). The number of hydrogen-bond acceptors (Lipinski definition) is 4. The molecule has 0 aliphatic carbocycles. The van der Waals surface area contributed by atoms with E-state index in [4.69, 9.17) is 0 Å². The lowest BCUT2D eigenvalue weighted by Gasteiger charge is -2.14. The third kappa shape index (κ3) is 4.12. The van der Waals surface area contributed by atoms with Gasteiger partial charge in [-0.05, 0) is 31.2 Å². The van der Waals surface area contributed by atoms with E-state index in [9.17, 15) is 18.3 Å². The molecule has 1 aromatic heterocycles. The lowest BCUT2D eigenvalue weighted by molar-refractivity contribution is -0.138. The molecule has 0 aliphatic heterocycles. The minimum absolute atomic E-state index is 0.0265. The Labute approximate surface area is 128 Å². The van der Waals surface area contributed by atoms with Crippen molar-refractivity contribution >= 4 is 16.0 Å². The first kappa shape index (κ1) is 16.1. The van der Waals surface area contributed by atoms with Crippen molar-refractivity contribution in [2.45, 2.75) is 24.3 Å². The van der Waals surface area contributed by atoms with Crippen molar-refractivity contribution in [3.05, 3.63) is 59.9 Å². The number of pyridine rings is 1. The van der Waals surface area contributed by atoms with E-state index in [-0.39, 0.29) is 11.3 Å². The van der Waals surface area contributed by atoms with Gasteiger partial charge in [0, 0.05) is 18.3 Å². The number of carboxylic acids is 1. The van der Waals surface area contributed by atoms with E-state index < -0.39 is 22.0 Å². The van der Waals surface area contributed by atoms with Crippen molar-refractivity contribution in [3.63, 3.8) is 0 Å². The third-order valence-corrected chi connectivity index (χ3v) is 4.55. The molecule has 0 aliphatic rings. The Bertz CT molecular complexity index is 743. The highest BCUT2D eigenvalue weighted by atomic mass is 32.2. The number of carbonyl (C=O) groups is 1. The molecular weight excluding hydrogens is 304 g/mol. The molecule has 0 saturated heterocycles. The molecule has 1 unspecified atom stereocenters. The molecular formula is C15H16N2O4S. The van der Waals surface area contributed by atoms with Crippen LogP contribution in [-0.4, -0.2) is 30.5 Å². The summed E-state index contributed by atoms with van der Waals surface area (Å²) in [7, 11) is -3.90. The standard InChI is InChI=1S/C15H16N2O4S/c1-11-5-7-13(8-6-11)22(20,21)17-14(15(18)19)10-12-4-2-3-9-16-12/h2-9,14,17H,10H2,1H3,(H,18,19). The highest BCUT2D eigenvalue weighted by Crippen LogP contribution is 2.11. The Balaban J connectivity index is 2.20. The maximum absolute atomic E-state index is 12.3. The smallest absolute Gasteiger partial charge is 0.322 e. The molecule has 1 atom stereocenters. The van der Waals surface area contributed by atoms with Gasteiger partial charge in [-0.1, -0.05) is 23.8 Å². The van der Waals surface area contributed by atoms with Crippen LogP contribution in [0.25, 0.3) is 0 Å². The minimum atomic E-state index is -3.90. The molecule has 0 amide bonds. The van der Waals surface area contributed by atoms with Gasteiger partial charge in [0.1, 0.15) is 6.04 Å². The van der Waals surface area contributed by atoms with Crippen LogP contribution in [-0.2, 0) is 21.2 Å². The van der Waals surface area contributed by atoms with E-state index >= 15 is 0 Å². The predicted octanol–water partition coefficient (Wildman–Crippen LogP) is 1.36. The van der Waals surface area contributed by atoms with Crippen LogP contribution in [0.3, 0.4) is 0 Å². The van der Waals surface area contributed by atoms with Crippen LogP contribution in [0, 0.1) is 6.92 Å². The maximum atomic E-state index is 12.3. The summed E-state index contributed by atoms with van der Waals surface area (Å²) in [5.41, 5.74) is 1.42. The van der Waals surface area contributed by atoms with Gasteiger partial charge in [0.2, 0.25) is 10.0 Å². The lowest BCUT2D eigenvalue weighted by atomic mass is 10.1. The Morgan fingerprint density at radius 3 is 2.45 bits per heavy atom. The molecule has 22 heavy (non-hydrogen) atoms. The second kappa shape index (κ2) is 6.67. The molecule has 2 aromatic rings. The van der Waals surface area contributed by atoms with Crippen LogP contribution in [0.1, 0.15) is 11.3 Å². The van der Waals surface area contributed by atoms with E-state index in [1.54, 1.807) is 30.3 Å². The largest absolute Gasteiger partial charge is 0.480 e. The molecule has 0 saturated carbocycles. The van der Waals surface area contributed by atoms with Crippen molar-refractivity contribution < 1.29 is 18.3 Å². The van der Waals surface area contributed by atoms with Crippen LogP contribution in [0.5, 0.6) is 0 Å². The Kier molecular flexibility index (Phi) is 4.89. The van der Waals surface area contributed by atoms with Gasteiger partial charge in [-0.2, -0.15) is 4.72 Å². The number of aromatic nitrogens is 1. The molecule has 0 bridgehead atoms. The zero-order valence-electron chi connectivity index (χ0n) is 11.9. The van der Waals surface area contributed by atoms with Crippen LogP contribution < -0.4 is 4.72 Å². The Hall–Kier alpha value is -2.25. The number of hydrogen-bond donors (Lipinski definition) is 2. The van der Waals surface area contributed by atoms with Crippen LogP contribution in [0.15, 0.2) is 53.6 Å². The summed E-state index contributed by atoms with van der Waals surface area (Å²) >= 11 is 0. The SMILES string of the molecule is Cc1ccc(S(=O)(=O)NC(Cc2ccccn2)C(=O)O)cc1. The van der Waals surface area contributed by atoms with E-state index in [2.05, 4.69) is 9.71 Å². The predicted molar refractivity (Wildman–Crippen MR) is 80.9 cm³/mol. The lowest BCUT2D eigenvalue weighted by Crippen LogP contribution is -2.42. The topological polar surface area (TPSA) is 96.4 Å². The average Bonchev–Trinajstić information content (AvgIpc) is 2.48. The molecule has 0 radical (unpaired) electrons. The third-order valence-electron chi connectivity index (χ3n) is 3.07. The molecule has 7 heteroatoms. The quantitative estimate of drug-likeness (QED) is 0.838. The number of benzene rings is 1. The number of carboxylic acid groups (broad SMARTS) is 1. The maximum Gasteiger partial charge on any atom is 0.322 e. The van der Waals surface area contributed by atoms with Crippen LogP contribution in [0.2, 0.25) is 0 Å². The van der Waals surface area contributed by atoms with Gasteiger partial charge >= 0.3 is 5.97 Å². The highest BCUT2D eigenvalue weighted by molar-refractivity contribution is 7.89. The molecule has 0 fully saturated rings. The summed E-state index contributed by atoms with van der Waals surface area (Å²) < 4.78 is 26.7. The van der Waals surface area contributed by atoms with E-state index in [1.807, 2.05) is 6.92 Å². The van der Waals surface area contributed by atoms with Gasteiger partial charge in [-0.25, -0.2) is 8.42 Å². The first-order chi connectivity index (χ1) is 10.4. The number of sulfonamides is 1. The fourth-order valence-electron chi connectivity index (χ4n) is 1.88. The van der Waals surface area contributed by atoms with Crippen molar-refractivity contribution in [1.29, 1.82) is 0 Å². The Morgan fingerprint density at radius 2 is 1.91 bits per heavy atom. The van der Waals surface area contributed by atoms with E-state index in [0.29, 0.717) is 5.69 Å². The average molecular weight is 320 g/mol. The fourth-order valence-corrected chi connectivity index (χ4v) is 3.07. The van der Waals surface area contributed by atoms with Crippen molar-refractivity contribution in [2.75, 3.05) is 0 Å². The summed E-state index contributed by atoms with van der Waals surface area (Å²) in [6, 6.07) is 9.99. The van der Waals surface area contributed by atoms with Gasteiger partial charge in [-0.15, -0.1) is 0 Å². The van der Waals surface area contributed by atoms with E-state index in [0.717, 1.165) is 5.56 Å². The van der Waals surface area contributed by atoms with Crippen LogP contribution >= 0.6 is 0 Å². The summed E-state index contributed by atoms with van der Waals surface area (Å²) in [5, 5.41) is 9.23. The fraction of sp³-hybridized carbons (Fsp3) is 0.200. The zero-order chi connectivity index (χ0) is 16.2. The van der Waals surface area contributed by atoms with Crippen molar-refractivity contribution in [2.24, 2.45) is 0 Å². The normalized spacial score (nSPS) is 12.8. The second-order valence-electron chi connectivity index (χ2n) is 4.85. The molecule has 6 nitrogen and oxygen atoms in total. The van der Waals surface area contributed by atoms with Crippen LogP contribution in [0.4, 0.5) is 0 Å². The molecule has 2 N–H and O–H groups in total. The number of aryl methyl sites for hydroxylation is 1. The van der Waals surface area contributed by atoms with Gasteiger partial charge in [0.25, 0.3) is 0 Å². The summed E-state index contributed by atoms with van der Waals surface area (Å²) in [6.07, 6.45) is 1.50. The number of nitrogens with one attached hydrogen (secondary N) is 1. The minimum Gasteiger partial charge on any atom is -0.480 e. The molecule has 1 heterocycles. The van der Waals surface area contributed by atoms with Crippen molar-refractivity contribution in [1.82, 2.24) is 9.71 Å². The first-order valence-corrected chi connectivity index (χ1v) is 8.08. The van der Waals surface area contributed by atoms with Gasteiger partial charge < -0.3 is 5.11 Å². The number of aliphatic carboxylic acids is 1. The number of nitrogens with zero attached hydrogens (tertiary/aromatic N) is 1. The first-order valence-electron chi connectivity index (χ1n) is 6.60. The van der Waals surface area contributed by atoms with Gasteiger partial charge in [-0.3, -0.25) is 9.78 Å². The van der Waals surface area contributed by atoms with E-state index in [1.165, 1.54) is 18.3 Å². The van der Waals surface area contributed by atoms with Gasteiger partial charge in [0.05, 0.1) is 4.90 Å².